The molecule has 0 heterocycles. The average molecular weight is 321 g/mol. The van der Waals surface area contributed by atoms with Crippen LogP contribution in [-0.2, 0) is 6.54 Å². The first kappa shape index (κ1) is 16.4. The first-order chi connectivity index (χ1) is 10.5. The van der Waals surface area contributed by atoms with Crippen molar-refractivity contribution in [3.05, 3.63) is 74.8 Å². The van der Waals surface area contributed by atoms with Gasteiger partial charge in [0, 0.05) is 30.2 Å². The van der Waals surface area contributed by atoms with Crippen molar-refractivity contribution in [1.82, 2.24) is 4.90 Å². The van der Waals surface area contributed by atoms with Gasteiger partial charge in [-0.25, -0.2) is 0 Å². The zero-order chi connectivity index (χ0) is 16.1. The van der Waals surface area contributed by atoms with Crippen LogP contribution < -0.4 is 0 Å². The zero-order valence-electron chi connectivity index (χ0n) is 12.1. The number of nitrogens with zero attached hydrogens (tertiary/aromatic N) is 2. The molecular weight excluding hydrogens is 304 g/mol. The number of nitro benzene ring substituents is 1. The van der Waals surface area contributed by atoms with Crippen LogP contribution >= 0.6 is 11.6 Å². The Hall–Kier alpha value is -1.95. The van der Waals surface area contributed by atoms with Crippen molar-refractivity contribution in [3.63, 3.8) is 0 Å². The lowest BCUT2D eigenvalue weighted by atomic mass is 10.1. The summed E-state index contributed by atoms with van der Waals surface area (Å²) in [5.41, 5.74) is 1.51. The van der Waals surface area contributed by atoms with Crippen LogP contribution in [0.5, 0.6) is 0 Å². The first-order valence-corrected chi connectivity index (χ1v) is 7.19. The van der Waals surface area contributed by atoms with Gasteiger partial charge in [-0.1, -0.05) is 41.9 Å². The molecule has 0 saturated carbocycles. The fourth-order valence-electron chi connectivity index (χ4n) is 2.23. The molecule has 2 aromatic carbocycles. The van der Waals surface area contributed by atoms with Gasteiger partial charge in [-0.2, -0.15) is 0 Å². The van der Waals surface area contributed by atoms with E-state index >= 15 is 0 Å². The average Bonchev–Trinajstić information content (AvgIpc) is 2.50. The number of aliphatic hydroxyl groups excluding tert-OH is 1. The highest BCUT2D eigenvalue weighted by Crippen LogP contribution is 2.24. The molecule has 0 amide bonds. The van der Waals surface area contributed by atoms with Crippen LogP contribution in [0.15, 0.2) is 48.5 Å². The fraction of sp³-hybridized carbons (Fsp3) is 0.250. The highest BCUT2D eigenvalue weighted by atomic mass is 35.5. The van der Waals surface area contributed by atoms with E-state index in [1.54, 1.807) is 0 Å². The van der Waals surface area contributed by atoms with Crippen molar-refractivity contribution < 1.29 is 10.0 Å². The van der Waals surface area contributed by atoms with Crippen LogP contribution in [0.1, 0.15) is 17.2 Å². The molecule has 0 radical (unpaired) electrons. The number of benzene rings is 2. The summed E-state index contributed by atoms with van der Waals surface area (Å²) in [6.07, 6.45) is -0.622. The predicted molar refractivity (Wildman–Crippen MR) is 85.8 cm³/mol. The van der Waals surface area contributed by atoms with Crippen molar-refractivity contribution in [2.24, 2.45) is 0 Å². The number of rotatable bonds is 6. The maximum atomic E-state index is 10.8. The molecule has 0 aliphatic heterocycles. The Morgan fingerprint density at radius 1 is 1.27 bits per heavy atom. The standard InChI is InChI=1S/C16H17ClN2O3/c1-18(11-16(20)12-5-3-2-4-6-12)10-13-9-14(19(21)22)7-8-15(13)17/h2-9,16,20H,10-11H2,1H3. The highest BCUT2D eigenvalue weighted by molar-refractivity contribution is 6.31. The fourth-order valence-corrected chi connectivity index (χ4v) is 2.40. The molecule has 2 aromatic rings. The molecular formula is C16H17ClN2O3. The summed E-state index contributed by atoms with van der Waals surface area (Å²) in [5.74, 6) is 0. The van der Waals surface area contributed by atoms with Crippen LogP contribution in [0.3, 0.4) is 0 Å². The second-order valence-electron chi connectivity index (χ2n) is 5.16. The van der Waals surface area contributed by atoms with Gasteiger partial charge in [-0.3, -0.25) is 15.0 Å². The van der Waals surface area contributed by atoms with Gasteiger partial charge in [0.05, 0.1) is 11.0 Å². The van der Waals surface area contributed by atoms with E-state index in [2.05, 4.69) is 0 Å². The Balaban J connectivity index is 2.04. The van der Waals surface area contributed by atoms with Crippen molar-refractivity contribution in [2.45, 2.75) is 12.6 Å². The van der Waals surface area contributed by atoms with E-state index in [9.17, 15) is 15.2 Å². The summed E-state index contributed by atoms with van der Waals surface area (Å²) in [7, 11) is 1.83. The quantitative estimate of drug-likeness (QED) is 0.654. The highest BCUT2D eigenvalue weighted by Gasteiger charge is 2.14. The minimum Gasteiger partial charge on any atom is -0.387 e. The Morgan fingerprint density at radius 3 is 2.59 bits per heavy atom. The molecule has 1 N–H and O–H groups in total. The SMILES string of the molecule is CN(Cc1cc([N+](=O)[O-])ccc1Cl)CC(O)c1ccccc1. The molecule has 0 aliphatic rings. The monoisotopic (exact) mass is 320 g/mol. The summed E-state index contributed by atoms with van der Waals surface area (Å²) < 4.78 is 0. The van der Waals surface area contributed by atoms with Crippen LogP contribution in [0.25, 0.3) is 0 Å². The third kappa shape index (κ3) is 4.27. The molecule has 0 spiro atoms. The van der Waals surface area contributed by atoms with Crippen molar-refractivity contribution in [1.29, 1.82) is 0 Å². The summed E-state index contributed by atoms with van der Waals surface area (Å²) in [5, 5.41) is 21.5. The van der Waals surface area contributed by atoms with Gasteiger partial charge in [0.25, 0.3) is 5.69 Å². The number of halogens is 1. The molecule has 116 valence electrons. The molecule has 2 rings (SSSR count). The lowest BCUT2D eigenvalue weighted by Crippen LogP contribution is -2.24. The Morgan fingerprint density at radius 2 is 1.95 bits per heavy atom. The number of aliphatic hydroxyl groups is 1. The molecule has 0 fully saturated rings. The van der Waals surface area contributed by atoms with E-state index in [0.717, 1.165) is 5.56 Å². The van der Waals surface area contributed by atoms with Crippen LogP contribution in [-0.4, -0.2) is 28.5 Å². The van der Waals surface area contributed by atoms with Gasteiger partial charge in [-0.15, -0.1) is 0 Å². The van der Waals surface area contributed by atoms with E-state index in [1.165, 1.54) is 18.2 Å². The number of non-ortho nitro benzene ring substituents is 1. The van der Waals surface area contributed by atoms with Crippen molar-refractivity contribution in [3.8, 4) is 0 Å². The maximum Gasteiger partial charge on any atom is 0.269 e. The largest absolute Gasteiger partial charge is 0.387 e. The van der Waals surface area contributed by atoms with E-state index in [4.69, 9.17) is 11.6 Å². The Labute approximate surface area is 133 Å². The van der Waals surface area contributed by atoms with Gasteiger partial charge < -0.3 is 5.11 Å². The van der Waals surface area contributed by atoms with Crippen LogP contribution in [0.4, 0.5) is 5.69 Å². The van der Waals surface area contributed by atoms with Gasteiger partial charge in [-0.05, 0) is 24.2 Å². The lowest BCUT2D eigenvalue weighted by molar-refractivity contribution is -0.384. The number of hydrogen-bond acceptors (Lipinski definition) is 4. The van der Waals surface area contributed by atoms with E-state index < -0.39 is 11.0 Å². The summed E-state index contributed by atoms with van der Waals surface area (Å²) in [6, 6.07) is 13.7. The number of likely N-dealkylation sites (N-methyl/N-ethyl adjacent to an activating group) is 1. The van der Waals surface area contributed by atoms with E-state index in [-0.39, 0.29) is 5.69 Å². The Kier molecular flexibility index (Phi) is 5.49. The van der Waals surface area contributed by atoms with Gasteiger partial charge in [0.1, 0.15) is 0 Å². The van der Waals surface area contributed by atoms with Gasteiger partial charge >= 0.3 is 0 Å². The molecule has 1 unspecified atom stereocenters. The van der Waals surface area contributed by atoms with Crippen LogP contribution in [0, 0.1) is 10.1 Å². The predicted octanol–water partition coefficient (Wildman–Crippen LogP) is 3.41. The molecule has 6 heteroatoms. The zero-order valence-corrected chi connectivity index (χ0v) is 12.9. The third-order valence-corrected chi connectivity index (χ3v) is 3.72. The van der Waals surface area contributed by atoms with Crippen molar-refractivity contribution in [2.75, 3.05) is 13.6 Å². The second kappa shape index (κ2) is 7.35. The molecule has 22 heavy (non-hydrogen) atoms. The summed E-state index contributed by atoms with van der Waals surface area (Å²) in [4.78, 5) is 12.3. The first-order valence-electron chi connectivity index (χ1n) is 6.81. The molecule has 0 aromatic heterocycles. The third-order valence-electron chi connectivity index (χ3n) is 3.35. The maximum absolute atomic E-state index is 10.8. The summed E-state index contributed by atoms with van der Waals surface area (Å²) in [6.45, 7) is 0.827. The van der Waals surface area contributed by atoms with Gasteiger partial charge in [0.15, 0.2) is 0 Å². The van der Waals surface area contributed by atoms with E-state index in [0.29, 0.717) is 23.7 Å². The molecule has 0 saturated heterocycles. The summed E-state index contributed by atoms with van der Waals surface area (Å²) >= 11 is 6.09. The van der Waals surface area contributed by atoms with Crippen LogP contribution in [0.2, 0.25) is 5.02 Å². The van der Waals surface area contributed by atoms with E-state index in [1.807, 2.05) is 42.3 Å². The molecule has 0 aliphatic carbocycles. The minimum absolute atomic E-state index is 0.0106. The molecule has 5 nitrogen and oxygen atoms in total. The topological polar surface area (TPSA) is 66.6 Å². The molecule has 0 bridgehead atoms. The normalized spacial score (nSPS) is 12.4. The molecule has 1 atom stereocenters. The smallest absolute Gasteiger partial charge is 0.269 e. The number of hydrogen-bond donors (Lipinski definition) is 1. The lowest BCUT2D eigenvalue weighted by Gasteiger charge is -2.21. The number of nitro groups is 1. The minimum atomic E-state index is -0.622. The second-order valence-corrected chi connectivity index (χ2v) is 5.56. The van der Waals surface area contributed by atoms with Crippen molar-refractivity contribution >= 4 is 17.3 Å². The van der Waals surface area contributed by atoms with Gasteiger partial charge in [0.2, 0.25) is 0 Å². The Bertz CT molecular complexity index is 649.